The molecule has 1 atom stereocenters. The molecule has 0 unspecified atom stereocenters. The number of ether oxygens (including phenoxy) is 1. The number of nitro benzene ring substituents is 1. The number of benzene rings is 2. The van der Waals surface area contributed by atoms with Crippen molar-refractivity contribution >= 4 is 30.5 Å². The van der Waals surface area contributed by atoms with Gasteiger partial charge in [-0.05, 0) is 23.8 Å². The first-order valence-electron chi connectivity index (χ1n) is 8.63. The van der Waals surface area contributed by atoms with Gasteiger partial charge in [-0.3, -0.25) is 15.0 Å². The Morgan fingerprint density at radius 3 is 2.23 bits per heavy atom. The minimum absolute atomic E-state index is 0. The summed E-state index contributed by atoms with van der Waals surface area (Å²) in [4.78, 5) is 12.1. The van der Waals surface area contributed by atoms with E-state index in [4.69, 9.17) is 0 Å². The van der Waals surface area contributed by atoms with Crippen LogP contribution in [-0.4, -0.2) is 47.5 Å². The van der Waals surface area contributed by atoms with Crippen LogP contribution in [0.4, 0.5) is 23.2 Å². The third-order valence-corrected chi connectivity index (χ3v) is 4.52. The SMILES string of the molecule is Cl.Cl.O=[N+]([O-])c1cc(F)cc([C@@H](c2ccc(OC(F)(F)F)cc2)N2CCNCC2)c1O. The van der Waals surface area contributed by atoms with Crippen molar-refractivity contribution in [3.63, 3.8) is 0 Å². The highest BCUT2D eigenvalue weighted by Crippen LogP contribution is 2.40. The normalized spacial score (nSPS) is 15.4. The molecule has 0 bridgehead atoms. The Morgan fingerprint density at radius 2 is 1.71 bits per heavy atom. The predicted octanol–water partition coefficient (Wildman–Crippen LogP) is 4.18. The lowest BCUT2D eigenvalue weighted by molar-refractivity contribution is -0.386. The molecule has 1 fully saturated rings. The molecule has 0 radical (unpaired) electrons. The maximum atomic E-state index is 14.1. The summed E-state index contributed by atoms with van der Waals surface area (Å²) in [5, 5.41) is 24.7. The first-order valence-corrected chi connectivity index (χ1v) is 8.63. The Hall–Kier alpha value is -2.34. The summed E-state index contributed by atoms with van der Waals surface area (Å²) < 4.78 is 55.1. The van der Waals surface area contributed by atoms with Gasteiger partial charge in [0.2, 0.25) is 0 Å². The summed E-state index contributed by atoms with van der Waals surface area (Å²) in [6.07, 6.45) is -4.85. The second kappa shape index (κ2) is 10.8. The Bertz CT molecular complexity index is 895. The summed E-state index contributed by atoms with van der Waals surface area (Å²) >= 11 is 0. The van der Waals surface area contributed by atoms with Gasteiger partial charge in [0.15, 0.2) is 5.75 Å². The van der Waals surface area contributed by atoms with E-state index in [2.05, 4.69) is 10.1 Å². The minimum Gasteiger partial charge on any atom is -0.502 e. The summed E-state index contributed by atoms with van der Waals surface area (Å²) in [6.45, 7) is 2.14. The number of aromatic hydroxyl groups is 1. The molecule has 0 saturated carbocycles. The van der Waals surface area contributed by atoms with E-state index >= 15 is 0 Å². The highest BCUT2D eigenvalue weighted by molar-refractivity contribution is 5.85. The number of nitrogens with zero attached hydrogens (tertiary/aromatic N) is 2. The van der Waals surface area contributed by atoms with Crippen molar-refractivity contribution in [2.45, 2.75) is 12.4 Å². The minimum atomic E-state index is -4.85. The predicted molar refractivity (Wildman–Crippen MR) is 109 cm³/mol. The molecule has 2 aromatic carbocycles. The average Bonchev–Trinajstić information content (AvgIpc) is 2.65. The van der Waals surface area contributed by atoms with Crippen LogP contribution >= 0.6 is 24.8 Å². The highest BCUT2D eigenvalue weighted by atomic mass is 35.5. The van der Waals surface area contributed by atoms with E-state index in [0.29, 0.717) is 37.8 Å². The number of hydrogen-bond acceptors (Lipinski definition) is 6. The van der Waals surface area contributed by atoms with E-state index in [-0.39, 0.29) is 30.4 Å². The molecule has 0 amide bonds. The lowest BCUT2D eigenvalue weighted by Crippen LogP contribution is -2.45. The number of piperazine rings is 1. The fraction of sp³-hybridized carbons (Fsp3) is 0.333. The lowest BCUT2D eigenvalue weighted by atomic mass is 9.94. The number of alkyl halides is 3. The van der Waals surface area contributed by atoms with Crippen LogP contribution in [0.5, 0.6) is 11.5 Å². The number of nitro groups is 1. The highest BCUT2D eigenvalue weighted by Gasteiger charge is 2.33. The van der Waals surface area contributed by atoms with Crippen LogP contribution in [0.25, 0.3) is 0 Å². The largest absolute Gasteiger partial charge is 0.573 e. The number of hydrogen-bond donors (Lipinski definition) is 2. The van der Waals surface area contributed by atoms with Gasteiger partial charge in [0.25, 0.3) is 0 Å². The van der Waals surface area contributed by atoms with E-state index in [1.807, 2.05) is 4.90 Å². The smallest absolute Gasteiger partial charge is 0.502 e. The van der Waals surface area contributed by atoms with Crippen LogP contribution in [0.15, 0.2) is 36.4 Å². The molecule has 0 aliphatic carbocycles. The molecule has 1 aliphatic heterocycles. The molecule has 13 heteroatoms. The van der Waals surface area contributed by atoms with Gasteiger partial charge in [0.1, 0.15) is 11.6 Å². The third-order valence-electron chi connectivity index (χ3n) is 4.52. The Balaban J connectivity index is 0.00000240. The van der Waals surface area contributed by atoms with Crippen molar-refractivity contribution in [1.82, 2.24) is 10.2 Å². The molecule has 2 N–H and O–H groups in total. The van der Waals surface area contributed by atoms with Crippen LogP contribution < -0.4 is 10.1 Å². The molecular weight excluding hydrogens is 469 g/mol. The van der Waals surface area contributed by atoms with E-state index in [9.17, 15) is 32.8 Å². The van der Waals surface area contributed by atoms with Crippen molar-refractivity contribution < 1.29 is 32.3 Å². The van der Waals surface area contributed by atoms with Crippen molar-refractivity contribution in [2.75, 3.05) is 26.2 Å². The van der Waals surface area contributed by atoms with Gasteiger partial charge in [0.05, 0.1) is 17.0 Å². The van der Waals surface area contributed by atoms with Gasteiger partial charge in [0, 0.05) is 31.7 Å². The maximum absolute atomic E-state index is 14.1. The number of nitrogens with one attached hydrogen (secondary N) is 1. The van der Waals surface area contributed by atoms with Crippen LogP contribution in [0, 0.1) is 15.9 Å². The third kappa shape index (κ3) is 6.57. The molecule has 1 heterocycles. The van der Waals surface area contributed by atoms with Crippen molar-refractivity contribution in [3.8, 4) is 11.5 Å². The molecule has 0 spiro atoms. The molecule has 3 rings (SSSR count). The van der Waals surface area contributed by atoms with E-state index in [0.717, 1.165) is 18.2 Å². The number of phenols is 1. The van der Waals surface area contributed by atoms with Gasteiger partial charge in [-0.2, -0.15) is 0 Å². The molecule has 1 aliphatic rings. The lowest BCUT2D eigenvalue weighted by Gasteiger charge is -2.35. The molecule has 31 heavy (non-hydrogen) atoms. The van der Waals surface area contributed by atoms with Crippen LogP contribution in [0.3, 0.4) is 0 Å². The molecule has 0 aromatic heterocycles. The Labute approximate surface area is 187 Å². The summed E-state index contributed by atoms with van der Waals surface area (Å²) in [5.41, 5.74) is -0.392. The maximum Gasteiger partial charge on any atom is 0.573 e. The fourth-order valence-corrected chi connectivity index (χ4v) is 3.33. The van der Waals surface area contributed by atoms with Gasteiger partial charge in [-0.25, -0.2) is 4.39 Å². The van der Waals surface area contributed by atoms with E-state index < -0.39 is 40.3 Å². The topological polar surface area (TPSA) is 87.9 Å². The zero-order chi connectivity index (χ0) is 21.2. The van der Waals surface area contributed by atoms with Gasteiger partial charge in [-0.1, -0.05) is 12.1 Å². The van der Waals surface area contributed by atoms with Gasteiger partial charge < -0.3 is 15.2 Å². The van der Waals surface area contributed by atoms with Crippen LogP contribution in [0.1, 0.15) is 17.2 Å². The Kier molecular flexibility index (Phi) is 9.30. The summed E-state index contributed by atoms with van der Waals surface area (Å²) in [6, 6.07) is 5.72. The molecule has 7 nitrogen and oxygen atoms in total. The zero-order valence-corrected chi connectivity index (χ0v) is 17.4. The first kappa shape index (κ1) is 26.7. The van der Waals surface area contributed by atoms with Crippen LogP contribution in [0.2, 0.25) is 0 Å². The Morgan fingerprint density at radius 1 is 1.13 bits per heavy atom. The van der Waals surface area contributed by atoms with Gasteiger partial charge >= 0.3 is 12.0 Å². The average molecular weight is 488 g/mol. The number of rotatable bonds is 5. The summed E-state index contributed by atoms with van der Waals surface area (Å²) in [7, 11) is 0. The number of phenolic OH excluding ortho intramolecular Hbond substituents is 1. The monoisotopic (exact) mass is 487 g/mol. The first-order chi connectivity index (χ1) is 13.7. The number of halogens is 6. The van der Waals surface area contributed by atoms with Crippen molar-refractivity contribution in [3.05, 3.63) is 63.5 Å². The molecule has 1 saturated heterocycles. The fourth-order valence-electron chi connectivity index (χ4n) is 3.33. The van der Waals surface area contributed by atoms with Crippen molar-refractivity contribution in [1.29, 1.82) is 0 Å². The van der Waals surface area contributed by atoms with E-state index in [1.165, 1.54) is 12.1 Å². The molecular formula is C18H19Cl2F4N3O4. The van der Waals surface area contributed by atoms with Crippen molar-refractivity contribution in [2.24, 2.45) is 0 Å². The quantitative estimate of drug-likeness (QED) is 0.373. The molecule has 2 aromatic rings. The zero-order valence-electron chi connectivity index (χ0n) is 15.8. The summed E-state index contributed by atoms with van der Waals surface area (Å²) in [5.74, 6) is -2.02. The molecule has 172 valence electrons. The second-order valence-electron chi connectivity index (χ2n) is 6.43. The standard InChI is InChI=1S/C18H17F4N3O4.2ClH/c19-12-9-14(17(26)15(10-12)25(27)28)16(24-7-5-23-6-8-24)11-1-3-13(4-2-11)29-18(20,21)22;;/h1-4,9-10,16,23,26H,5-8H2;2*1H/t16-;;/m1../s1. The van der Waals surface area contributed by atoms with E-state index in [1.54, 1.807) is 0 Å². The van der Waals surface area contributed by atoms with Gasteiger partial charge in [-0.15, -0.1) is 38.0 Å². The second-order valence-corrected chi connectivity index (χ2v) is 6.43. The van der Waals surface area contributed by atoms with Crippen LogP contribution in [-0.2, 0) is 0 Å².